The van der Waals surface area contributed by atoms with Crippen LogP contribution in [0, 0.1) is 5.92 Å². The number of ether oxygens (including phenoxy) is 1. The van der Waals surface area contributed by atoms with E-state index in [1.54, 1.807) is 0 Å². The summed E-state index contributed by atoms with van der Waals surface area (Å²) in [5.74, 6) is -0.289. The Morgan fingerprint density at radius 2 is 2.06 bits per heavy atom. The van der Waals surface area contributed by atoms with Crippen LogP contribution in [0.25, 0.3) is 0 Å². The molecule has 17 heavy (non-hydrogen) atoms. The second-order valence-corrected chi connectivity index (χ2v) is 4.65. The second kappa shape index (κ2) is 6.33. The van der Waals surface area contributed by atoms with Crippen LogP contribution in [0.4, 0.5) is 0 Å². The fraction of sp³-hybridized carbons (Fsp3) is 0.917. The molecule has 0 spiro atoms. The Kier molecular flexibility index (Phi) is 5.36. The third-order valence-corrected chi connectivity index (χ3v) is 3.62. The van der Waals surface area contributed by atoms with Gasteiger partial charge in [0.25, 0.3) is 0 Å². The van der Waals surface area contributed by atoms with Crippen molar-refractivity contribution in [2.24, 2.45) is 5.92 Å². The smallest absolute Gasteiger partial charge is 0.226 e. The van der Waals surface area contributed by atoms with Crippen molar-refractivity contribution < 1.29 is 19.7 Å². The quantitative estimate of drug-likeness (QED) is 0.618. The Morgan fingerprint density at radius 1 is 1.41 bits per heavy atom. The highest BCUT2D eigenvalue weighted by atomic mass is 16.5. The minimum Gasteiger partial charge on any atom is -0.394 e. The first-order valence-corrected chi connectivity index (χ1v) is 6.27. The van der Waals surface area contributed by atoms with E-state index in [9.17, 15) is 15.0 Å². The summed E-state index contributed by atoms with van der Waals surface area (Å²) in [5.41, 5.74) is -0.905. The summed E-state index contributed by atoms with van der Waals surface area (Å²) in [6, 6.07) is 0. The molecule has 1 heterocycles. The predicted octanol–water partition coefficient (Wildman–Crippen LogP) is 0.0511. The molecule has 0 saturated carbocycles. The molecule has 5 heteroatoms. The summed E-state index contributed by atoms with van der Waals surface area (Å²) in [6.45, 7) is 3.91. The maximum absolute atomic E-state index is 12.1. The van der Waals surface area contributed by atoms with Crippen LogP contribution in [0.15, 0.2) is 0 Å². The van der Waals surface area contributed by atoms with Crippen molar-refractivity contribution in [2.45, 2.75) is 44.8 Å². The molecular formula is C12H23NO4. The number of hydrogen-bond acceptors (Lipinski definition) is 4. The fourth-order valence-corrected chi connectivity index (χ4v) is 2.15. The van der Waals surface area contributed by atoms with Gasteiger partial charge in [0.05, 0.1) is 30.8 Å². The standard InChI is InChI=1S/C12H23NO4/c1-3-10-9(5-6-17-10)11(16)13-12(4-2,7-14)8-15/h9-10,14-15H,3-8H2,1-2H3,(H,13,16). The Morgan fingerprint density at radius 3 is 2.53 bits per heavy atom. The molecule has 1 saturated heterocycles. The topological polar surface area (TPSA) is 78.8 Å². The molecule has 5 nitrogen and oxygen atoms in total. The lowest BCUT2D eigenvalue weighted by Crippen LogP contribution is -2.56. The van der Waals surface area contributed by atoms with Crippen molar-refractivity contribution in [1.82, 2.24) is 5.32 Å². The zero-order chi connectivity index (χ0) is 12.9. The van der Waals surface area contributed by atoms with Gasteiger partial charge in [0.2, 0.25) is 5.91 Å². The minimum atomic E-state index is -0.905. The number of aliphatic hydroxyl groups excluding tert-OH is 2. The summed E-state index contributed by atoms with van der Waals surface area (Å²) >= 11 is 0. The van der Waals surface area contributed by atoms with Crippen molar-refractivity contribution in [2.75, 3.05) is 19.8 Å². The average Bonchev–Trinajstić information content (AvgIpc) is 2.84. The lowest BCUT2D eigenvalue weighted by molar-refractivity contribution is -0.130. The van der Waals surface area contributed by atoms with Gasteiger partial charge in [-0.3, -0.25) is 4.79 Å². The van der Waals surface area contributed by atoms with Crippen LogP contribution in [-0.4, -0.2) is 47.6 Å². The number of amides is 1. The van der Waals surface area contributed by atoms with Gasteiger partial charge in [-0.05, 0) is 19.3 Å². The van der Waals surface area contributed by atoms with E-state index in [0.717, 1.165) is 6.42 Å². The maximum atomic E-state index is 12.1. The number of carbonyl (C=O) groups is 1. The molecule has 1 aliphatic heterocycles. The highest BCUT2D eigenvalue weighted by Crippen LogP contribution is 2.24. The highest BCUT2D eigenvalue weighted by molar-refractivity contribution is 5.80. The summed E-state index contributed by atoms with van der Waals surface area (Å²) in [6.07, 6.45) is 1.97. The van der Waals surface area contributed by atoms with E-state index in [1.165, 1.54) is 0 Å². The van der Waals surface area contributed by atoms with E-state index >= 15 is 0 Å². The summed E-state index contributed by atoms with van der Waals surface area (Å²) in [7, 11) is 0. The normalized spacial score (nSPS) is 24.9. The third-order valence-electron chi connectivity index (χ3n) is 3.62. The average molecular weight is 245 g/mol. The van der Waals surface area contributed by atoms with Crippen LogP contribution >= 0.6 is 0 Å². The Hall–Kier alpha value is -0.650. The Bertz CT molecular complexity index is 245. The second-order valence-electron chi connectivity index (χ2n) is 4.65. The lowest BCUT2D eigenvalue weighted by Gasteiger charge is -2.31. The van der Waals surface area contributed by atoms with Crippen LogP contribution in [0.3, 0.4) is 0 Å². The zero-order valence-electron chi connectivity index (χ0n) is 10.6. The number of carbonyl (C=O) groups excluding carboxylic acids is 1. The molecule has 1 aliphatic rings. The Labute approximate surface area is 102 Å². The van der Waals surface area contributed by atoms with Gasteiger partial charge in [-0.2, -0.15) is 0 Å². The molecule has 0 aliphatic carbocycles. The maximum Gasteiger partial charge on any atom is 0.226 e. The van der Waals surface area contributed by atoms with Crippen molar-refractivity contribution in [3.63, 3.8) is 0 Å². The Balaban J connectivity index is 2.64. The van der Waals surface area contributed by atoms with Crippen LogP contribution < -0.4 is 5.32 Å². The molecule has 2 unspecified atom stereocenters. The van der Waals surface area contributed by atoms with E-state index in [1.807, 2.05) is 13.8 Å². The lowest BCUT2D eigenvalue weighted by atomic mass is 9.93. The largest absolute Gasteiger partial charge is 0.394 e. The number of nitrogens with one attached hydrogen (secondary N) is 1. The van der Waals surface area contributed by atoms with Crippen molar-refractivity contribution in [3.8, 4) is 0 Å². The molecule has 3 N–H and O–H groups in total. The summed E-state index contributed by atoms with van der Waals surface area (Å²) < 4.78 is 5.47. The van der Waals surface area contributed by atoms with Gasteiger partial charge < -0.3 is 20.3 Å². The molecule has 0 bridgehead atoms. The van der Waals surface area contributed by atoms with Gasteiger partial charge in [0.15, 0.2) is 0 Å². The molecule has 1 fully saturated rings. The number of hydrogen-bond donors (Lipinski definition) is 3. The van der Waals surface area contributed by atoms with Crippen molar-refractivity contribution in [3.05, 3.63) is 0 Å². The van der Waals surface area contributed by atoms with Gasteiger partial charge in [0, 0.05) is 6.61 Å². The van der Waals surface area contributed by atoms with Gasteiger partial charge >= 0.3 is 0 Å². The zero-order valence-corrected chi connectivity index (χ0v) is 10.6. The molecule has 1 rings (SSSR count). The summed E-state index contributed by atoms with van der Waals surface area (Å²) in [4.78, 5) is 12.1. The third kappa shape index (κ3) is 3.18. The minimum absolute atomic E-state index is 0.0399. The van der Waals surface area contributed by atoms with E-state index < -0.39 is 5.54 Å². The number of aliphatic hydroxyl groups is 2. The van der Waals surface area contributed by atoms with E-state index in [4.69, 9.17) is 4.74 Å². The molecule has 0 radical (unpaired) electrons. The predicted molar refractivity (Wildman–Crippen MR) is 63.5 cm³/mol. The van der Waals surface area contributed by atoms with Gasteiger partial charge in [0.1, 0.15) is 0 Å². The first kappa shape index (κ1) is 14.4. The highest BCUT2D eigenvalue weighted by Gasteiger charge is 2.37. The molecule has 2 atom stereocenters. The van der Waals surface area contributed by atoms with Gasteiger partial charge in [-0.25, -0.2) is 0 Å². The number of rotatable bonds is 6. The van der Waals surface area contributed by atoms with E-state index in [0.29, 0.717) is 19.4 Å². The van der Waals surface area contributed by atoms with Crippen LogP contribution in [0.5, 0.6) is 0 Å². The van der Waals surface area contributed by atoms with Crippen LogP contribution in [0.2, 0.25) is 0 Å². The monoisotopic (exact) mass is 245 g/mol. The summed E-state index contributed by atoms with van der Waals surface area (Å²) in [5, 5.41) is 21.3. The van der Waals surface area contributed by atoms with Crippen LogP contribution in [0.1, 0.15) is 33.1 Å². The van der Waals surface area contributed by atoms with E-state index in [-0.39, 0.29) is 31.1 Å². The first-order chi connectivity index (χ1) is 8.12. The van der Waals surface area contributed by atoms with Gasteiger partial charge in [-0.1, -0.05) is 13.8 Å². The molecule has 0 aromatic carbocycles. The van der Waals surface area contributed by atoms with Crippen molar-refractivity contribution >= 4 is 5.91 Å². The first-order valence-electron chi connectivity index (χ1n) is 6.27. The van der Waals surface area contributed by atoms with Gasteiger partial charge in [-0.15, -0.1) is 0 Å². The molecule has 0 aromatic rings. The molecular weight excluding hydrogens is 222 g/mol. The molecule has 1 amide bonds. The molecule has 100 valence electrons. The SMILES string of the molecule is CCC1OCCC1C(=O)NC(CC)(CO)CO. The fourth-order valence-electron chi connectivity index (χ4n) is 2.15. The molecule has 0 aromatic heterocycles. The van der Waals surface area contributed by atoms with E-state index in [2.05, 4.69) is 5.32 Å². The van der Waals surface area contributed by atoms with Crippen molar-refractivity contribution in [1.29, 1.82) is 0 Å². The van der Waals surface area contributed by atoms with Crippen LogP contribution in [-0.2, 0) is 9.53 Å².